The lowest BCUT2D eigenvalue weighted by molar-refractivity contribution is 0.111. The number of carbonyl (C=O) groups is 1. The highest BCUT2D eigenvalue weighted by Gasteiger charge is 2.08. The summed E-state index contributed by atoms with van der Waals surface area (Å²) in [6.07, 6.45) is 0.817. The van der Waals surface area contributed by atoms with Crippen LogP contribution in [0.2, 0.25) is 5.02 Å². The van der Waals surface area contributed by atoms with Crippen LogP contribution in [0.3, 0.4) is 0 Å². The number of fused-ring (bicyclic) bond motifs is 1. The Morgan fingerprint density at radius 3 is 2.86 bits per heavy atom. The van der Waals surface area contributed by atoms with Crippen molar-refractivity contribution in [2.75, 3.05) is 0 Å². The molecule has 0 saturated carbocycles. The second-order valence-corrected chi connectivity index (χ2v) is 4.35. The van der Waals surface area contributed by atoms with E-state index < -0.39 is 0 Å². The summed E-state index contributed by atoms with van der Waals surface area (Å²) in [5, 5.41) is 1.64. The Kier molecular flexibility index (Phi) is 2.37. The lowest BCUT2D eigenvalue weighted by Crippen LogP contribution is -1.80. The first kappa shape index (κ1) is 9.74. The molecule has 4 heteroatoms. The van der Waals surface area contributed by atoms with Crippen molar-refractivity contribution < 1.29 is 4.79 Å². The summed E-state index contributed by atoms with van der Waals surface area (Å²) in [5.74, 6) is 0. The fourth-order valence-corrected chi connectivity index (χ4v) is 1.97. The van der Waals surface area contributed by atoms with Crippen molar-refractivity contribution in [1.82, 2.24) is 4.98 Å². The predicted molar refractivity (Wildman–Crippen MR) is 61.1 cm³/mol. The fraction of sp³-hybridized carbons (Fsp3) is 0.100. The molecule has 1 aromatic carbocycles. The number of hydrogen-bond donors (Lipinski definition) is 1. The van der Waals surface area contributed by atoms with Gasteiger partial charge in [0.1, 0.15) is 0 Å². The summed E-state index contributed by atoms with van der Waals surface area (Å²) in [4.78, 5) is 13.7. The first-order valence-corrected chi connectivity index (χ1v) is 5.23. The van der Waals surface area contributed by atoms with Gasteiger partial charge >= 0.3 is 0 Å². The van der Waals surface area contributed by atoms with Crippen LogP contribution in [0.1, 0.15) is 16.1 Å². The quantitative estimate of drug-likeness (QED) is 0.789. The monoisotopic (exact) mass is 271 g/mol. The maximum atomic E-state index is 10.7. The van der Waals surface area contributed by atoms with Crippen molar-refractivity contribution in [2.24, 2.45) is 0 Å². The molecule has 0 aliphatic heterocycles. The van der Waals surface area contributed by atoms with Gasteiger partial charge in [-0.2, -0.15) is 0 Å². The van der Waals surface area contributed by atoms with E-state index in [2.05, 4.69) is 20.9 Å². The number of aromatic amines is 1. The molecule has 0 aliphatic rings. The Labute approximate surface area is 94.4 Å². The fourth-order valence-electron chi connectivity index (χ4n) is 1.46. The van der Waals surface area contributed by atoms with Crippen molar-refractivity contribution >= 4 is 44.7 Å². The zero-order valence-corrected chi connectivity index (χ0v) is 9.74. The third-order valence-corrected chi connectivity index (χ3v) is 3.45. The SMILES string of the molecule is Cc1c(C=O)[nH]c2cc(Br)c(Cl)cc12. The molecule has 0 amide bonds. The molecule has 2 nitrogen and oxygen atoms in total. The summed E-state index contributed by atoms with van der Waals surface area (Å²) < 4.78 is 0.824. The molecule has 0 bridgehead atoms. The average molecular weight is 273 g/mol. The average Bonchev–Trinajstić information content (AvgIpc) is 2.45. The van der Waals surface area contributed by atoms with Gasteiger partial charge in [0.25, 0.3) is 0 Å². The number of aldehydes is 1. The molecule has 0 fully saturated rings. The van der Waals surface area contributed by atoms with Gasteiger partial charge in [-0.1, -0.05) is 11.6 Å². The van der Waals surface area contributed by atoms with Gasteiger partial charge in [-0.25, -0.2) is 0 Å². The van der Waals surface area contributed by atoms with E-state index in [-0.39, 0.29) is 0 Å². The highest BCUT2D eigenvalue weighted by atomic mass is 79.9. The van der Waals surface area contributed by atoms with Gasteiger partial charge < -0.3 is 4.98 Å². The normalized spacial score (nSPS) is 10.8. The van der Waals surface area contributed by atoms with Gasteiger partial charge in [0.05, 0.1) is 10.7 Å². The minimum Gasteiger partial charge on any atom is -0.352 e. The molecule has 2 aromatic rings. The number of nitrogens with one attached hydrogen (secondary N) is 1. The number of benzene rings is 1. The molecule has 0 saturated heterocycles. The zero-order chi connectivity index (χ0) is 10.3. The van der Waals surface area contributed by atoms with Crippen molar-refractivity contribution in [3.05, 3.63) is 32.9 Å². The zero-order valence-electron chi connectivity index (χ0n) is 7.40. The third kappa shape index (κ3) is 1.37. The van der Waals surface area contributed by atoms with Crippen LogP contribution in [0.4, 0.5) is 0 Å². The number of halogens is 2. The number of H-pyrrole nitrogens is 1. The number of aryl methyl sites for hydroxylation is 1. The summed E-state index contributed by atoms with van der Waals surface area (Å²) in [5.41, 5.74) is 2.46. The van der Waals surface area contributed by atoms with E-state index in [0.29, 0.717) is 10.7 Å². The van der Waals surface area contributed by atoms with E-state index in [1.807, 2.05) is 19.1 Å². The van der Waals surface area contributed by atoms with Crippen molar-refractivity contribution in [1.29, 1.82) is 0 Å². The third-order valence-electron chi connectivity index (χ3n) is 2.26. The van der Waals surface area contributed by atoms with Gasteiger partial charge in [0.2, 0.25) is 0 Å². The lowest BCUT2D eigenvalue weighted by Gasteiger charge is -1.96. The van der Waals surface area contributed by atoms with Crippen molar-refractivity contribution in [3.8, 4) is 0 Å². The minimum atomic E-state index is 0.606. The Hall–Kier alpha value is -0.800. The van der Waals surface area contributed by atoms with Gasteiger partial charge in [0, 0.05) is 15.4 Å². The molecule has 0 spiro atoms. The molecule has 0 aliphatic carbocycles. The van der Waals surface area contributed by atoms with Crippen molar-refractivity contribution in [3.63, 3.8) is 0 Å². The standard InChI is InChI=1S/C10H7BrClNO/c1-5-6-2-8(12)7(11)3-9(6)13-10(5)4-14/h2-4,13H,1H3. The van der Waals surface area contributed by atoms with Crippen LogP contribution in [0.15, 0.2) is 16.6 Å². The Morgan fingerprint density at radius 2 is 2.21 bits per heavy atom. The van der Waals surface area contributed by atoms with E-state index in [9.17, 15) is 4.79 Å². The number of hydrogen-bond acceptors (Lipinski definition) is 1. The van der Waals surface area contributed by atoms with Crippen LogP contribution in [-0.4, -0.2) is 11.3 Å². The van der Waals surface area contributed by atoms with Gasteiger partial charge in [-0.15, -0.1) is 0 Å². The van der Waals surface area contributed by atoms with Crippen LogP contribution < -0.4 is 0 Å². The maximum Gasteiger partial charge on any atom is 0.166 e. The van der Waals surface area contributed by atoms with E-state index in [1.165, 1.54) is 0 Å². The highest BCUT2D eigenvalue weighted by Crippen LogP contribution is 2.30. The second-order valence-electron chi connectivity index (χ2n) is 3.09. The molecule has 1 aromatic heterocycles. The molecule has 0 unspecified atom stereocenters. The topological polar surface area (TPSA) is 32.9 Å². The summed E-state index contributed by atoms with van der Waals surface area (Å²) in [6.45, 7) is 1.90. The minimum absolute atomic E-state index is 0.606. The second kappa shape index (κ2) is 3.41. The maximum absolute atomic E-state index is 10.7. The Bertz CT molecular complexity index is 518. The van der Waals surface area contributed by atoms with Crippen LogP contribution in [-0.2, 0) is 0 Å². The first-order valence-electron chi connectivity index (χ1n) is 4.06. The molecule has 2 rings (SSSR count). The summed E-state index contributed by atoms with van der Waals surface area (Å²) in [6, 6.07) is 3.72. The number of carbonyl (C=O) groups excluding carboxylic acids is 1. The molecule has 72 valence electrons. The van der Waals surface area contributed by atoms with E-state index in [1.54, 1.807) is 0 Å². The molecule has 1 N–H and O–H groups in total. The smallest absolute Gasteiger partial charge is 0.166 e. The molecule has 1 heterocycles. The molecule has 14 heavy (non-hydrogen) atoms. The molecular weight excluding hydrogens is 265 g/mol. The van der Waals surface area contributed by atoms with Gasteiger partial charge in [0.15, 0.2) is 6.29 Å². The van der Waals surface area contributed by atoms with E-state index >= 15 is 0 Å². The van der Waals surface area contributed by atoms with Crippen molar-refractivity contribution in [2.45, 2.75) is 6.92 Å². The first-order chi connectivity index (χ1) is 6.63. The highest BCUT2D eigenvalue weighted by molar-refractivity contribution is 9.10. The van der Waals surface area contributed by atoms with Crippen LogP contribution >= 0.6 is 27.5 Å². The largest absolute Gasteiger partial charge is 0.352 e. The van der Waals surface area contributed by atoms with Gasteiger partial charge in [-0.3, -0.25) is 4.79 Å². The number of rotatable bonds is 1. The molecular formula is C10H7BrClNO. The molecule has 0 radical (unpaired) electrons. The van der Waals surface area contributed by atoms with Crippen LogP contribution in [0, 0.1) is 6.92 Å². The van der Waals surface area contributed by atoms with E-state index in [0.717, 1.165) is 27.2 Å². The van der Waals surface area contributed by atoms with Crippen LogP contribution in [0.25, 0.3) is 10.9 Å². The summed E-state index contributed by atoms with van der Waals surface area (Å²) in [7, 11) is 0. The Balaban J connectivity index is 2.86. The van der Waals surface area contributed by atoms with Crippen LogP contribution in [0.5, 0.6) is 0 Å². The summed E-state index contributed by atoms with van der Waals surface area (Å²) >= 11 is 9.29. The van der Waals surface area contributed by atoms with E-state index in [4.69, 9.17) is 11.6 Å². The predicted octanol–water partition coefficient (Wildman–Crippen LogP) is 3.70. The lowest BCUT2D eigenvalue weighted by atomic mass is 10.1. The molecule has 0 atom stereocenters. The van der Waals surface area contributed by atoms with Gasteiger partial charge in [-0.05, 0) is 40.5 Å². The Morgan fingerprint density at radius 1 is 1.50 bits per heavy atom. The number of aromatic nitrogens is 1.